The van der Waals surface area contributed by atoms with Gasteiger partial charge < -0.3 is 0 Å². The number of nitrogens with one attached hydrogen (secondary N) is 1. The lowest BCUT2D eigenvalue weighted by Gasteiger charge is -2.10. The molecule has 0 aliphatic carbocycles. The van der Waals surface area contributed by atoms with Gasteiger partial charge in [0.05, 0.1) is 0 Å². The summed E-state index contributed by atoms with van der Waals surface area (Å²) in [5, 5.41) is 16.3. The van der Waals surface area contributed by atoms with E-state index in [1.807, 2.05) is 48.5 Å². The first-order valence-corrected chi connectivity index (χ1v) is 10.4. The molecule has 0 spiro atoms. The van der Waals surface area contributed by atoms with Crippen LogP contribution in [0.1, 0.15) is 28.4 Å². The molecular formula is C27H24N4O. The molecule has 158 valence electrons. The number of aromatic nitrogens is 4. The zero-order valence-electron chi connectivity index (χ0n) is 18.3. The predicted octanol–water partition coefficient (Wildman–Crippen LogP) is 6.19. The van der Waals surface area contributed by atoms with Gasteiger partial charge in [0, 0.05) is 11.1 Å². The molecule has 0 atom stereocenters. The molecule has 5 aromatic rings. The van der Waals surface area contributed by atoms with Gasteiger partial charge in [0.2, 0.25) is 5.82 Å². The van der Waals surface area contributed by atoms with Crippen molar-refractivity contribution in [3.05, 3.63) is 102 Å². The summed E-state index contributed by atoms with van der Waals surface area (Å²) in [6.45, 7) is 5.83. The lowest BCUT2D eigenvalue weighted by Crippen LogP contribution is -1.92. The molecule has 0 saturated heterocycles. The maximum absolute atomic E-state index is 11.3. The number of fused-ring (bicyclic) bond motifs is 1. The van der Waals surface area contributed by atoms with Crippen LogP contribution in [0.15, 0.2) is 84.9 Å². The summed E-state index contributed by atoms with van der Waals surface area (Å²) in [5.74, 6) is 0.742. The molecule has 0 radical (unpaired) electrons. The smallest absolute Gasteiger partial charge is 0.204 e. The van der Waals surface area contributed by atoms with E-state index in [1.165, 1.54) is 22.3 Å². The molecular weight excluding hydrogens is 396 g/mol. The molecule has 0 aliphatic heterocycles. The number of hydrogen-bond donors (Lipinski definition) is 1. The van der Waals surface area contributed by atoms with Gasteiger partial charge in [-0.25, -0.2) is 0 Å². The second-order valence-corrected chi connectivity index (χ2v) is 7.66. The Morgan fingerprint density at radius 2 is 1.50 bits per heavy atom. The number of carbonyl (C=O) groups excluding carboxylic acids is 1. The Balaban J connectivity index is 0.000000165. The number of nitrogens with zero attached hydrogens (tertiary/aromatic N) is 3. The first kappa shape index (κ1) is 21.1. The van der Waals surface area contributed by atoms with Crippen LogP contribution in [0.4, 0.5) is 0 Å². The third-order valence-electron chi connectivity index (χ3n) is 5.45. The molecule has 0 saturated carbocycles. The van der Waals surface area contributed by atoms with Crippen molar-refractivity contribution in [2.45, 2.75) is 20.8 Å². The Morgan fingerprint density at radius 1 is 0.781 bits per heavy atom. The second-order valence-electron chi connectivity index (χ2n) is 7.66. The lowest BCUT2D eigenvalue weighted by atomic mass is 9.95. The number of aryl methyl sites for hydroxylation is 2. The standard InChI is InChI=1S/C15H14N4.C12H10O/c1-10-5-3-4-6-13(10)14-9-12(8-7-11(14)2)15-16-18-19-17-15;1-9(13)11-8-4-6-10-5-2-3-7-12(10)11/h3-9H,1-2H3,(H,16,17,18,19);2-8H,1H3. The quantitative estimate of drug-likeness (QED) is 0.353. The van der Waals surface area contributed by atoms with Crippen LogP contribution in [0.25, 0.3) is 33.3 Å². The van der Waals surface area contributed by atoms with Gasteiger partial charge in [0.1, 0.15) is 0 Å². The Bertz CT molecular complexity index is 1370. The Hall–Kier alpha value is -4.12. The van der Waals surface area contributed by atoms with E-state index in [9.17, 15) is 4.79 Å². The monoisotopic (exact) mass is 420 g/mol. The molecule has 0 fully saturated rings. The number of H-pyrrole nitrogens is 1. The highest BCUT2D eigenvalue weighted by molar-refractivity contribution is 6.06. The largest absolute Gasteiger partial charge is 0.294 e. The van der Waals surface area contributed by atoms with Gasteiger partial charge in [0.15, 0.2) is 5.78 Å². The average Bonchev–Trinajstić information content (AvgIpc) is 3.35. The maximum atomic E-state index is 11.3. The van der Waals surface area contributed by atoms with Crippen molar-refractivity contribution in [1.82, 2.24) is 20.6 Å². The van der Waals surface area contributed by atoms with Crippen molar-refractivity contribution in [3.63, 3.8) is 0 Å². The summed E-state index contributed by atoms with van der Waals surface area (Å²) < 4.78 is 0. The normalized spacial score (nSPS) is 10.5. The molecule has 1 heterocycles. The van der Waals surface area contributed by atoms with E-state index < -0.39 is 0 Å². The number of carbonyl (C=O) groups is 1. The fourth-order valence-corrected chi connectivity index (χ4v) is 3.74. The van der Waals surface area contributed by atoms with Crippen molar-refractivity contribution in [1.29, 1.82) is 0 Å². The van der Waals surface area contributed by atoms with Crippen molar-refractivity contribution < 1.29 is 4.79 Å². The van der Waals surface area contributed by atoms with E-state index in [2.05, 4.69) is 70.9 Å². The zero-order chi connectivity index (χ0) is 22.5. The molecule has 5 heteroatoms. The van der Waals surface area contributed by atoms with Crippen LogP contribution in [0.3, 0.4) is 0 Å². The lowest BCUT2D eigenvalue weighted by molar-refractivity contribution is 0.101. The van der Waals surface area contributed by atoms with E-state index >= 15 is 0 Å². The molecule has 0 amide bonds. The maximum Gasteiger partial charge on any atom is 0.204 e. The van der Waals surface area contributed by atoms with E-state index in [-0.39, 0.29) is 5.78 Å². The molecule has 5 nitrogen and oxygen atoms in total. The topological polar surface area (TPSA) is 71.5 Å². The van der Waals surface area contributed by atoms with Gasteiger partial charge >= 0.3 is 0 Å². The minimum atomic E-state index is 0.122. The Morgan fingerprint density at radius 3 is 2.25 bits per heavy atom. The third kappa shape index (κ3) is 4.47. The fraction of sp³-hybridized carbons (Fsp3) is 0.111. The molecule has 0 unspecified atom stereocenters. The third-order valence-corrected chi connectivity index (χ3v) is 5.45. The van der Waals surface area contributed by atoms with Crippen LogP contribution in [0.5, 0.6) is 0 Å². The van der Waals surface area contributed by atoms with Crippen LogP contribution >= 0.6 is 0 Å². The summed E-state index contributed by atoms with van der Waals surface area (Å²) in [5.41, 5.74) is 6.72. The molecule has 0 aliphatic rings. The molecule has 32 heavy (non-hydrogen) atoms. The van der Waals surface area contributed by atoms with Gasteiger partial charge in [-0.2, -0.15) is 5.21 Å². The minimum Gasteiger partial charge on any atom is -0.294 e. The number of Topliss-reactive ketones (excluding diaryl/α,β-unsaturated/α-hetero) is 1. The number of ketones is 1. The highest BCUT2D eigenvalue weighted by atomic mass is 16.1. The number of benzene rings is 4. The van der Waals surface area contributed by atoms with Crippen LogP contribution in [-0.2, 0) is 0 Å². The van der Waals surface area contributed by atoms with Crippen LogP contribution < -0.4 is 0 Å². The Labute approximate surface area is 187 Å². The highest BCUT2D eigenvalue weighted by Crippen LogP contribution is 2.29. The van der Waals surface area contributed by atoms with Crippen LogP contribution in [0, 0.1) is 13.8 Å². The summed E-state index contributed by atoms with van der Waals surface area (Å²) in [6, 6.07) is 28.3. The zero-order valence-corrected chi connectivity index (χ0v) is 18.3. The van der Waals surface area contributed by atoms with E-state index in [0.717, 1.165) is 21.9 Å². The molecule has 0 bridgehead atoms. The fourth-order valence-electron chi connectivity index (χ4n) is 3.74. The first-order chi connectivity index (χ1) is 15.5. The van der Waals surface area contributed by atoms with E-state index in [1.54, 1.807) is 6.92 Å². The van der Waals surface area contributed by atoms with Gasteiger partial charge in [-0.05, 0) is 65.1 Å². The first-order valence-electron chi connectivity index (χ1n) is 10.4. The summed E-state index contributed by atoms with van der Waals surface area (Å²) in [7, 11) is 0. The Kier molecular flexibility index (Phi) is 6.17. The SMILES string of the molecule is CC(=O)c1cccc2ccccc12.Cc1ccccc1-c1cc(-c2nn[nH]n2)ccc1C. The molecule has 1 aromatic heterocycles. The average molecular weight is 421 g/mol. The molecule has 1 N–H and O–H groups in total. The summed E-state index contributed by atoms with van der Waals surface area (Å²) in [4.78, 5) is 11.3. The minimum absolute atomic E-state index is 0.122. The second kappa shape index (κ2) is 9.35. The van der Waals surface area contributed by atoms with Crippen molar-refractivity contribution in [2.75, 3.05) is 0 Å². The number of tetrazole rings is 1. The number of aromatic amines is 1. The van der Waals surface area contributed by atoms with Gasteiger partial charge in [-0.15, -0.1) is 10.2 Å². The molecule has 5 rings (SSSR count). The van der Waals surface area contributed by atoms with E-state index in [4.69, 9.17) is 0 Å². The van der Waals surface area contributed by atoms with Crippen molar-refractivity contribution >= 4 is 16.6 Å². The summed E-state index contributed by atoms with van der Waals surface area (Å²) in [6.07, 6.45) is 0. The van der Waals surface area contributed by atoms with Gasteiger partial charge in [-0.3, -0.25) is 4.79 Å². The van der Waals surface area contributed by atoms with Crippen molar-refractivity contribution in [2.24, 2.45) is 0 Å². The van der Waals surface area contributed by atoms with E-state index in [0.29, 0.717) is 5.82 Å². The summed E-state index contributed by atoms with van der Waals surface area (Å²) >= 11 is 0. The number of hydrogen-bond acceptors (Lipinski definition) is 4. The molecule has 4 aromatic carbocycles. The van der Waals surface area contributed by atoms with Crippen molar-refractivity contribution in [3.8, 4) is 22.5 Å². The van der Waals surface area contributed by atoms with Gasteiger partial charge in [-0.1, -0.05) is 78.9 Å². The van der Waals surface area contributed by atoms with Crippen LogP contribution in [0.2, 0.25) is 0 Å². The van der Waals surface area contributed by atoms with Crippen LogP contribution in [-0.4, -0.2) is 26.4 Å². The predicted molar refractivity (Wildman–Crippen MR) is 128 cm³/mol. The highest BCUT2D eigenvalue weighted by Gasteiger charge is 2.09. The number of rotatable bonds is 3. The van der Waals surface area contributed by atoms with Gasteiger partial charge in [0.25, 0.3) is 0 Å².